The molecule has 0 aliphatic carbocycles. The zero-order valence-electron chi connectivity index (χ0n) is 24.8. The lowest BCUT2D eigenvalue weighted by atomic mass is 9.99. The van der Waals surface area contributed by atoms with E-state index in [1.807, 2.05) is 31.2 Å². The number of nitrogens with one attached hydrogen (secondary N) is 1. The first-order chi connectivity index (χ1) is 21.0. The van der Waals surface area contributed by atoms with Crippen molar-refractivity contribution in [3.8, 4) is 22.8 Å². The largest absolute Gasteiger partial charge is 0.573 e. The second-order valence-electron chi connectivity index (χ2n) is 10.7. The first-order valence-corrected chi connectivity index (χ1v) is 15.3. The standard InChI is InChI=1S/C32H33F3N6O2S/c1-5-27(37-30(42)38-31-40(16-17-44-31)28-18-21(4)6-15-26(28)20(2)3)22-7-9-23(10-8-22)29-36-19-41(39-29)24-11-13-25(14-12-24)43-32(33,34)35/h6-15,18-20,27H,5,16-17H2,1-4H3,(H,37,42)/b38-31-. The molecule has 8 nitrogen and oxygen atoms in total. The van der Waals surface area contributed by atoms with Crippen molar-refractivity contribution in [2.24, 2.45) is 4.99 Å². The van der Waals surface area contributed by atoms with Gasteiger partial charge in [-0.25, -0.2) is 14.5 Å². The van der Waals surface area contributed by atoms with Crippen LogP contribution in [0.4, 0.5) is 23.7 Å². The van der Waals surface area contributed by atoms with Crippen LogP contribution in [0.5, 0.6) is 5.75 Å². The number of carbonyl (C=O) groups excluding carboxylic acids is 1. The fourth-order valence-corrected chi connectivity index (χ4v) is 5.92. The average Bonchev–Trinajstić information content (AvgIpc) is 3.66. The number of anilines is 1. The number of carbonyl (C=O) groups is 1. The Hall–Kier alpha value is -4.32. The molecule has 3 aromatic carbocycles. The number of urea groups is 1. The van der Waals surface area contributed by atoms with Crippen LogP contribution in [0.2, 0.25) is 0 Å². The second kappa shape index (κ2) is 13.1. The maximum atomic E-state index is 13.1. The number of aliphatic imine (C=N–C) groups is 1. The summed E-state index contributed by atoms with van der Waals surface area (Å²) in [6, 6.07) is 18.7. The third-order valence-electron chi connectivity index (χ3n) is 7.18. The summed E-state index contributed by atoms with van der Waals surface area (Å²) >= 11 is 1.58. The summed E-state index contributed by atoms with van der Waals surface area (Å²) in [7, 11) is 0. The fourth-order valence-electron chi connectivity index (χ4n) is 4.97. The number of nitrogens with zero attached hydrogens (tertiary/aromatic N) is 5. The van der Waals surface area contributed by atoms with Crippen LogP contribution in [0.25, 0.3) is 17.1 Å². The summed E-state index contributed by atoms with van der Waals surface area (Å²) in [5.74, 6) is 1.34. The Morgan fingerprint density at radius 1 is 1.09 bits per heavy atom. The number of rotatable bonds is 8. The lowest BCUT2D eigenvalue weighted by molar-refractivity contribution is -0.274. The van der Waals surface area contributed by atoms with Crippen molar-refractivity contribution in [2.45, 2.75) is 52.4 Å². The molecule has 0 radical (unpaired) electrons. The number of hydrogen-bond donors (Lipinski definition) is 1. The van der Waals surface area contributed by atoms with E-state index in [2.05, 4.69) is 69.0 Å². The van der Waals surface area contributed by atoms with Gasteiger partial charge in [0.1, 0.15) is 12.1 Å². The molecule has 1 fully saturated rings. The predicted octanol–water partition coefficient (Wildman–Crippen LogP) is 8.03. The lowest BCUT2D eigenvalue weighted by Gasteiger charge is -2.24. The SMILES string of the molecule is CCC(NC(=O)/N=C1\SCCN1c1cc(C)ccc1C(C)C)c1ccc(-c2ncn(-c3ccc(OC(F)(F)F)cc3)n2)cc1. The van der Waals surface area contributed by atoms with Crippen LogP contribution in [0.15, 0.2) is 78.0 Å². The minimum Gasteiger partial charge on any atom is -0.406 e. The molecule has 0 spiro atoms. The summed E-state index contributed by atoms with van der Waals surface area (Å²) < 4.78 is 42.7. The number of hydrogen-bond acceptors (Lipinski definition) is 5. The van der Waals surface area contributed by atoms with Gasteiger partial charge in [0.05, 0.1) is 11.7 Å². The molecule has 0 saturated carbocycles. The first-order valence-electron chi connectivity index (χ1n) is 14.3. The maximum Gasteiger partial charge on any atom is 0.573 e. The van der Waals surface area contributed by atoms with Crippen molar-refractivity contribution < 1.29 is 22.7 Å². The molecule has 0 bridgehead atoms. The smallest absolute Gasteiger partial charge is 0.406 e. The van der Waals surface area contributed by atoms with Crippen molar-refractivity contribution in [2.75, 3.05) is 17.2 Å². The van der Waals surface area contributed by atoms with Gasteiger partial charge in [0.15, 0.2) is 11.0 Å². The molecule has 5 rings (SSSR count). The van der Waals surface area contributed by atoms with Gasteiger partial charge in [-0.05, 0) is 66.3 Å². The molecule has 2 amide bonds. The summed E-state index contributed by atoms with van der Waals surface area (Å²) in [6.45, 7) is 9.19. The molecular weight excluding hydrogens is 589 g/mol. The van der Waals surface area contributed by atoms with Crippen LogP contribution >= 0.6 is 11.8 Å². The molecule has 1 aliphatic rings. The summed E-state index contributed by atoms with van der Waals surface area (Å²) in [6.07, 6.45) is -2.59. The lowest BCUT2D eigenvalue weighted by Crippen LogP contribution is -2.30. The summed E-state index contributed by atoms with van der Waals surface area (Å²) in [5, 5.41) is 8.21. The Bertz CT molecular complexity index is 1640. The van der Waals surface area contributed by atoms with Gasteiger partial charge in [0.2, 0.25) is 0 Å². The van der Waals surface area contributed by atoms with Gasteiger partial charge >= 0.3 is 12.4 Å². The zero-order valence-corrected chi connectivity index (χ0v) is 25.6. The van der Waals surface area contributed by atoms with Gasteiger partial charge in [-0.15, -0.1) is 18.3 Å². The minimum atomic E-state index is -4.75. The third-order valence-corrected chi connectivity index (χ3v) is 8.13. The van der Waals surface area contributed by atoms with E-state index in [9.17, 15) is 18.0 Å². The predicted molar refractivity (Wildman–Crippen MR) is 168 cm³/mol. The summed E-state index contributed by atoms with van der Waals surface area (Å²) in [5.41, 5.74) is 5.69. The molecule has 1 atom stereocenters. The molecule has 1 aromatic heterocycles. The van der Waals surface area contributed by atoms with E-state index < -0.39 is 6.36 Å². The van der Waals surface area contributed by atoms with Gasteiger partial charge in [-0.3, -0.25) is 0 Å². The number of benzene rings is 3. The number of amidine groups is 1. The van der Waals surface area contributed by atoms with Crippen molar-refractivity contribution >= 4 is 28.6 Å². The number of aryl methyl sites for hydroxylation is 1. The molecule has 230 valence electrons. The van der Waals surface area contributed by atoms with Crippen LogP contribution in [-0.2, 0) is 0 Å². The minimum absolute atomic E-state index is 0.242. The highest BCUT2D eigenvalue weighted by Gasteiger charge is 2.31. The quantitative estimate of drug-likeness (QED) is 0.214. The number of alkyl halides is 3. The highest BCUT2D eigenvalue weighted by molar-refractivity contribution is 8.14. The van der Waals surface area contributed by atoms with Crippen molar-refractivity contribution in [3.63, 3.8) is 0 Å². The molecule has 4 aromatic rings. The topological polar surface area (TPSA) is 84.6 Å². The van der Waals surface area contributed by atoms with Gasteiger partial charge in [-0.2, -0.15) is 4.99 Å². The Kier molecular flexibility index (Phi) is 9.28. The van der Waals surface area contributed by atoms with Crippen molar-refractivity contribution in [1.29, 1.82) is 0 Å². The molecule has 1 aliphatic heterocycles. The van der Waals surface area contributed by atoms with Gasteiger partial charge in [0.25, 0.3) is 0 Å². The molecule has 12 heteroatoms. The molecule has 1 unspecified atom stereocenters. The fraction of sp³-hybridized carbons (Fsp3) is 0.312. The highest BCUT2D eigenvalue weighted by atomic mass is 32.2. The van der Waals surface area contributed by atoms with E-state index in [1.54, 1.807) is 11.8 Å². The first kappa shape index (κ1) is 31.1. The number of thioether (sulfide) groups is 1. The Labute approximate surface area is 258 Å². The molecule has 2 heterocycles. The molecule has 44 heavy (non-hydrogen) atoms. The second-order valence-corrected chi connectivity index (χ2v) is 11.8. The van der Waals surface area contributed by atoms with Crippen LogP contribution in [0.1, 0.15) is 55.8 Å². The van der Waals surface area contributed by atoms with Crippen LogP contribution in [0.3, 0.4) is 0 Å². The van der Waals surface area contributed by atoms with Crippen molar-refractivity contribution in [1.82, 2.24) is 20.1 Å². The van der Waals surface area contributed by atoms with E-state index in [-0.39, 0.29) is 17.8 Å². The summed E-state index contributed by atoms with van der Waals surface area (Å²) in [4.78, 5) is 24.0. The molecular formula is C32H33F3N6O2S. The normalized spacial score (nSPS) is 15.2. The van der Waals surface area contributed by atoms with E-state index >= 15 is 0 Å². The van der Waals surface area contributed by atoms with Crippen LogP contribution in [-0.4, -0.2) is 44.6 Å². The molecule has 1 N–H and O–H groups in total. The van der Waals surface area contributed by atoms with Gasteiger partial charge < -0.3 is 15.0 Å². The average molecular weight is 623 g/mol. The molecule has 1 saturated heterocycles. The van der Waals surface area contributed by atoms with Crippen molar-refractivity contribution in [3.05, 3.63) is 89.7 Å². The Morgan fingerprint density at radius 3 is 2.48 bits per heavy atom. The van der Waals surface area contributed by atoms with Crippen LogP contribution < -0.4 is 15.0 Å². The number of halogens is 3. The Morgan fingerprint density at radius 2 is 1.82 bits per heavy atom. The zero-order chi connectivity index (χ0) is 31.4. The third kappa shape index (κ3) is 7.42. The highest BCUT2D eigenvalue weighted by Crippen LogP contribution is 2.34. The van der Waals surface area contributed by atoms with E-state index in [0.29, 0.717) is 29.0 Å². The van der Waals surface area contributed by atoms with E-state index in [4.69, 9.17) is 0 Å². The monoisotopic (exact) mass is 622 g/mol. The van der Waals surface area contributed by atoms with E-state index in [0.717, 1.165) is 34.7 Å². The Balaban J connectivity index is 1.26. The number of aromatic nitrogens is 3. The number of amides is 2. The van der Waals surface area contributed by atoms with Gasteiger partial charge in [-0.1, -0.05) is 68.9 Å². The van der Waals surface area contributed by atoms with E-state index in [1.165, 1.54) is 40.8 Å². The van der Waals surface area contributed by atoms with Gasteiger partial charge in [0, 0.05) is 23.5 Å². The maximum absolute atomic E-state index is 13.1. The number of ether oxygens (including phenoxy) is 1. The van der Waals surface area contributed by atoms with Crippen LogP contribution in [0, 0.1) is 6.92 Å².